The Kier molecular flexibility index (Phi) is 7.48. The van der Waals surface area contributed by atoms with E-state index in [4.69, 9.17) is 0 Å². The summed E-state index contributed by atoms with van der Waals surface area (Å²) in [6.07, 6.45) is 0.794. The number of benzene rings is 3. The van der Waals surface area contributed by atoms with Gasteiger partial charge in [-0.05, 0) is 34.7 Å². The Morgan fingerprint density at radius 2 is 1.43 bits per heavy atom. The molecule has 188 valence electrons. The zero-order valence-corrected chi connectivity index (χ0v) is 20.3. The fraction of sp³-hybridized carbons (Fsp3) is 0.172. The molecule has 4 rings (SSSR count). The largest absolute Gasteiger partial charge is 0.478 e. The maximum Gasteiger partial charge on any atom is 0.354 e. The van der Waals surface area contributed by atoms with Crippen molar-refractivity contribution in [1.82, 2.24) is 9.13 Å². The summed E-state index contributed by atoms with van der Waals surface area (Å²) in [5, 5.41) is 19.4. The first-order valence-corrected chi connectivity index (χ1v) is 11.9. The summed E-state index contributed by atoms with van der Waals surface area (Å²) >= 11 is 0. The number of carbonyl (C=O) groups excluding carboxylic acids is 1. The number of rotatable bonds is 9. The van der Waals surface area contributed by atoms with Gasteiger partial charge < -0.3 is 10.2 Å². The number of aromatic nitrogens is 2. The molecule has 8 heteroatoms. The van der Waals surface area contributed by atoms with Gasteiger partial charge in [-0.25, -0.2) is 19.0 Å². The number of aromatic carboxylic acids is 2. The molecule has 3 aromatic carbocycles. The van der Waals surface area contributed by atoms with Crippen LogP contribution < -0.4 is 5.69 Å². The van der Waals surface area contributed by atoms with Gasteiger partial charge in [0.25, 0.3) is 0 Å². The molecule has 8 nitrogen and oxygen atoms in total. The van der Waals surface area contributed by atoms with Crippen molar-refractivity contribution in [3.05, 3.63) is 117 Å². The van der Waals surface area contributed by atoms with Crippen molar-refractivity contribution in [1.29, 1.82) is 0 Å². The van der Waals surface area contributed by atoms with Gasteiger partial charge in [0.1, 0.15) is 0 Å². The van der Waals surface area contributed by atoms with Crippen LogP contribution >= 0.6 is 0 Å². The maximum absolute atomic E-state index is 13.4. The average molecular weight is 499 g/mol. The Hall–Kier alpha value is -4.72. The summed E-state index contributed by atoms with van der Waals surface area (Å²) < 4.78 is 2.12. The second-order valence-electron chi connectivity index (χ2n) is 8.66. The number of carbonyl (C=O) groups is 3. The summed E-state index contributed by atoms with van der Waals surface area (Å²) in [7, 11) is 0. The Labute approximate surface area is 213 Å². The lowest BCUT2D eigenvalue weighted by Crippen LogP contribution is -2.32. The van der Waals surface area contributed by atoms with Gasteiger partial charge >= 0.3 is 17.6 Å². The van der Waals surface area contributed by atoms with Crippen LogP contribution in [0.5, 0.6) is 0 Å². The van der Waals surface area contributed by atoms with Gasteiger partial charge in [0, 0.05) is 0 Å². The van der Waals surface area contributed by atoms with E-state index in [9.17, 15) is 29.4 Å². The molecule has 4 aromatic rings. The maximum atomic E-state index is 13.4. The van der Waals surface area contributed by atoms with Crippen LogP contribution in [-0.4, -0.2) is 37.2 Å². The number of hydrogen-bond acceptors (Lipinski definition) is 4. The molecule has 0 atom stereocenters. The van der Waals surface area contributed by atoms with E-state index < -0.39 is 23.5 Å². The van der Waals surface area contributed by atoms with E-state index in [2.05, 4.69) is 0 Å². The molecule has 0 fully saturated rings. The molecule has 1 heterocycles. The van der Waals surface area contributed by atoms with Gasteiger partial charge in [-0.1, -0.05) is 86.1 Å². The lowest BCUT2D eigenvalue weighted by atomic mass is 9.99. The zero-order valence-electron chi connectivity index (χ0n) is 20.3. The minimum Gasteiger partial charge on any atom is -0.478 e. The fourth-order valence-corrected chi connectivity index (χ4v) is 4.44. The van der Waals surface area contributed by atoms with Gasteiger partial charge in [0.05, 0.1) is 24.2 Å². The summed E-state index contributed by atoms with van der Waals surface area (Å²) in [5.74, 6) is -2.97. The quantitative estimate of drug-likeness (QED) is 0.348. The fourth-order valence-electron chi connectivity index (χ4n) is 4.44. The molecule has 0 spiro atoms. The molecule has 0 saturated carbocycles. The molecule has 0 unspecified atom stereocenters. The van der Waals surface area contributed by atoms with Crippen LogP contribution in [0, 0.1) is 0 Å². The van der Waals surface area contributed by atoms with Crippen LogP contribution in [0.4, 0.5) is 0 Å². The van der Waals surface area contributed by atoms with Crippen molar-refractivity contribution in [2.45, 2.75) is 32.7 Å². The van der Waals surface area contributed by atoms with Gasteiger partial charge in [0.2, 0.25) is 5.91 Å². The highest BCUT2D eigenvalue weighted by atomic mass is 16.4. The highest BCUT2D eigenvalue weighted by molar-refractivity contribution is 5.96. The predicted octanol–water partition coefficient (Wildman–Crippen LogP) is 4.60. The lowest BCUT2D eigenvalue weighted by molar-refractivity contribution is 0.0668. The first-order valence-electron chi connectivity index (χ1n) is 11.9. The first kappa shape index (κ1) is 25.4. The molecular formula is C29H26N2O6. The Morgan fingerprint density at radius 3 is 2.05 bits per heavy atom. The molecule has 0 saturated heterocycles. The number of nitrogens with zero attached hydrogens (tertiary/aromatic N) is 2. The lowest BCUT2D eigenvalue weighted by Gasteiger charge is -2.10. The van der Waals surface area contributed by atoms with Crippen LogP contribution in [-0.2, 0) is 19.4 Å². The molecule has 0 radical (unpaired) electrons. The van der Waals surface area contributed by atoms with Gasteiger partial charge in [0.15, 0.2) is 5.69 Å². The topological polar surface area (TPSA) is 119 Å². The number of imidazole rings is 1. The number of carboxylic acid groups (broad SMARTS) is 2. The predicted molar refractivity (Wildman–Crippen MR) is 138 cm³/mol. The van der Waals surface area contributed by atoms with Crippen molar-refractivity contribution in [2.24, 2.45) is 0 Å². The van der Waals surface area contributed by atoms with E-state index in [0.717, 1.165) is 4.57 Å². The van der Waals surface area contributed by atoms with Crippen LogP contribution in [0.3, 0.4) is 0 Å². The standard InChI is InChI=1S/C29H26N2O6/c1-2-8-24-26(28(35)36)31(25(32)17-19-9-4-3-5-10-19)29(37)30(24)18-20-13-15-21(16-14-20)22-11-6-7-12-23(22)27(33)34/h3-7,9-16H,2,8,17-18H2,1H3,(H,33,34)(H,35,36). The molecule has 0 aliphatic rings. The third kappa shape index (κ3) is 5.28. The normalized spacial score (nSPS) is 10.8. The van der Waals surface area contributed by atoms with E-state index >= 15 is 0 Å². The third-order valence-electron chi connectivity index (χ3n) is 6.15. The SMILES string of the molecule is CCCc1c(C(=O)O)n(C(=O)Cc2ccccc2)c(=O)n1Cc1ccc(-c2ccccc2C(=O)O)cc1. The molecule has 2 N–H and O–H groups in total. The van der Waals surface area contributed by atoms with E-state index in [1.54, 1.807) is 66.7 Å². The minimum atomic E-state index is -1.33. The van der Waals surface area contributed by atoms with Gasteiger partial charge in [-0.15, -0.1) is 0 Å². The third-order valence-corrected chi connectivity index (χ3v) is 6.15. The van der Waals surface area contributed by atoms with Crippen molar-refractivity contribution in [3.8, 4) is 11.1 Å². The molecule has 0 bridgehead atoms. The highest BCUT2D eigenvalue weighted by Gasteiger charge is 2.28. The van der Waals surface area contributed by atoms with E-state index in [1.165, 1.54) is 10.6 Å². The molecule has 0 aliphatic heterocycles. The van der Waals surface area contributed by atoms with Crippen molar-refractivity contribution in [2.75, 3.05) is 0 Å². The van der Waals surface area contributed by atoms with E-state index in [0.29, 0.717) is 40.8 Å². The Bertz CT molecular complexity index is 1510. The van der Waals surface area contributed by atoms with Gasteiger partial charge in [-0.3, -0.25) is 9.36 Å². The van der Waals surface area contributed by atoms with Crippen molar-refractivity contribution >= 4 is 17.8 Å². The second kappa shape index (κ2) is 10.9. The molecule has 1 aromatic heterocycles. The summed E-state index contributed by atoms with van der Waals surface area (Å²) in [5.41, 5.74) is 2.12. The number of carboxylic acids is 2. The molecule has 0 amide bonds. The zero-order chi connectivity index (χ0) is 26.5. The smallest absolute Gasteiger partial charge is 0.354 e. The van der Waals surface area contributed by atoms with Crippen LogP contribution in [0.15, 0.2) is 83.7 Å². The summed E-state index contributed by atoms with van der Waals surface area (Å²) in [6.45, 7) is 1.94. The highest BCUT2D eigenvalue weighted by Crippen LogP contribution is 2.25. The monoisotopic (exact) mass is 498 g/mol. The van der Waals surface area contributed by atoms with Gasteiger partial charge in [-0.2, -0.15) is 0 Å². The van der Waals surface area contributed by atoms with E-state index in [-0.39, 0.29) is 24.2 Å². The molecule has 0 aliphatic carbocycles. The van der Waals surface area contributed by atoms with Crippen molar-refractivity contribution < 1.29 is 24.6 Å². The van der Waals surface area contributed by atoms with Crippen LogP contribution in [0.1, 0.15) is 55.8 Å². The molecular weight excluding hydrogens is 472 g/mol. The van der Waals surface area contributed by atoms with Crippen LogP contribution in [0.2, 0.25) is 0 Å². The Morgan fingerprint density at radius 1 is 0.784 bits per heavy atom. The van der Waals surface area contributed by atoms with Crippen molar-refractivity contribution in [3.63, 3.8) is 0 Å². The van der Waals surface area contributed by atoms with E-state index in [1.807, 2.05) is 13.0 Å². The summed E-state index contributed by atoms with van der Waals surface area (Å²) in [6, 6.07) is 22.6. The minimum absolute atomic E-state index is 0.0704. The molecule has 37 heavy (non-hydrogen) atoms. The second-order valence-corrected chi connectivity index (χ2v) is 8.66. The first-order chi connectivity index (χ1) is 17.8. The average Bonchev–Trinajstić information content (AvgIpc) is 3.16. The Balaban J connectivity index is 1.72. The summed E-state index contributed by atoms with van der Waals surface area (Å²) in [4.78, 5) is 50.3. The number of hydrogen-bond donors (Lipinski definition) is 2. The van der Waals surface area contributed by atoms with Crippen LogP contribution in [0.25, 0.3) is 11.1 Å².